The fraction of sp³-hybridized carbons (Fsp3) is 0.577. The lowest BCUT2D eigenvalue weighted by atomic mass is 10.1. The number of allylic oxidation sites excluding steroid dienone is 1. The summed E-state index contributed by atoms with van der Waals surface area (Å²) in [6.45, 7) is 6.28. The fourth-order valence-electron chi connectivity index (χ4n) is 5.04. The first-order chi connectivity index (χ1) is 16.8. The van der Waals surface area contributed by atoms with Gasteiger partial charge in [0.15, 0.2) is 0 Å². The number of hydrogen-bond acceptors (Lipinski definition) is 6. The fourth-order valence-corrected chi connectivity index (χ4v) is 5.22. The molecule has 0 radical (unpaired) electrons. The summed E-state index contributed by atoms with van der Waals surface area (Å²) >= 11 is 6.19. The Morgan fingerprint density at radius 1 is 1.11 bits per heavy atom. The van der Waals surface area contributed by atoms with E-state index in [1.54, 1.807) is 4.90 Å². The Kier molecular flexibility index (Phi) is 8.34. The largest absolute Gasteiger partial charge is 0.489 e. The van der Waals surface area contributed by atoms with Crippen molar-refractivity contribution in [3.05, 3.63) is 40.6 Å². The third-order valence-electron chi connectivity index (χ3n) is 6.78. The van der Waals surface area contributed by atoms with E-state index in [4.69, 9.17) is 26.8 Å². The van der Waals surface area contributed by atoms with Crippen LogP contribution in [0.2, 0.25) is 5.02 Å². The number of halogens is 1. The van der Waals surface area contributed by atoms with E-state index in [9.17, 15) is 9.59 Å². The van der Waals surface area contributed by atoms with Crippen LogP contribution in [-0.4, -0.2) is 78.4 Å². The molecule has 9 heteroatoms. The molecule has 2 N–H and O–H groups in total. The average molecular weight is 503 g/mol. The monoisotopic (exact) mass is 502 g/mol. The molecule has 35 heavy (non-hydrogen) atoms. The molecule has 1 saturated carbocycles. The summed E-state index contributed by atoms with van der Waals surface area (Å²) in [6.07, 6.45) is 3.82. The van der Waals surface area contributed by atoms with Crippen LogP contribution >= 0.6 is 11.6 Å². The van der Waals surface area contributed by atoms with Gasteiger partial charge in [-0.1, -0.05) is 23.7 Å². The lowest BCUT2D eigenvalue weighted by Crippen LogP contribution is -2.49. The number of morpholine rings is 1. The number of ether oxygens (including phenoxy) is 2. The molecular weight excluding hydrogens is 468 g/mol. The average Bonchev–Trinajstić information content (AvgIpc) is 3.31. The second-order valence-electron chi connectivity index (χ2n) is 9.60. The van der Waals surface area contributed by atoms with E-state index in [0.717, 1.165) is 37.0 Å². The van der Waals surface area contributed by atoms with E-state index >= 15 is 0 Å². The number of benzene rings is 1. The van der Waals surface area contributed by atoms with E-state index in [0.29, 0.717) is 43.4 Å². The lowest BCUT2D eigenvalue weighted by molar-refractivity contribution is -0.139. The van der Waals surface area contributed by atoms with Gasteiger partial charge in [-0.25, -0.2) is 0 Å². The standard InChI is InChI=1S/C26H35ClN4O4/c1-17-15-31(16-18(2)34-17)26(33)25(28)20-6-5-8-22(20)29-14-24(32)30-12-10-19(11-13-30)35-23-9-4-3-7-21(23)27/h3-4,7,9,17-19H,5-6,8,10-16,28H2,1-2H3/b25-20-,29-22?. The van der Waals surface area contributed by atoms with Crippen LogP contribution in [0.3, 0.4) is 0 Å². The SMILES string of the molecule is CC1CN(C(=O)/C(N)=C2\CCCC2=NCC(=O)N2CCC(Oc3ccccc3Cl)CC2)CC(C)O1. The molecule has 0 aromatic heterocycles. The van der Waals surface area contributed by atoms with Gasteiger partial charge in [0, 0.05) is 50.3 Å². The summed E-state index contributed by atoms with van der Waals surface area (Å²) in [5, 5.41) is 0.595. The third kappa shape index (κ3) is 6.35. The van der Waals surface area contributed by atoms with Gasteiger partial charge in [-0.05, 0) is 45.2 Å². The second kappa shape index (κ2) is 11.4. The van der Waals surface area contributed by atoms with Gasteiger partial charge in [0.05, 0.1) is 17.2 Å². The highest BCUT2D eigenvalue weighted by atomic mass is 35.5. The first kappa shape index (κ1) is 25.5. The minimum absolute atomic E-state index is 0.0133. The Bertz CT molecular complexity index is 993. The Hall–Kier alpha value is -2.58. The predicted octanol–water partition coefficient (Wildman–Crippen LogP) is 3.18. The van der Waals surface area contributed by atoms with Crippen molar-refractivity contribution in [3.63, 3.8) is 0 Å². The molecule has 1 aromatic rings. The molecule has 190 valence electrons. The lowest BCUT2D eigenvalue weighted by Gasteiger charge is -2.35. The molecule has 2 unspecified atom stereocenters. The Labute approximate surface area is 212 Å². The van der Waals surface area contributed by atoms with E-state index in [1.807, 2.05) is 43.0 Å². The number of likely N-dealkylation sites (tertiary alicyclic amines) is 1. The molecule has 0 bridgehead atoms. The van der Waals surface area contributed by atoms with Gasteiger partial charge in [0.25, 0.3) is 5.91 Å². The molecule has 2 amide bonds. The highest BCUT2D eigenvalue weighted by Gasteiger charge is 2.30. The van der Waals surface area contributed by atoms with Crippen molar-refractivity contribution in [2.24, 2.45) is 10.7 Å². The molecule has 2 saturated heterocycles. The van der Waals surface area contributed by atoms with Crippen LogP contribution in [0.1, 0.15) is 46.0 Å². The van der Waals surface area contributed by atoms with Crippen LogP contribution < -0.4 is 10.5 Å². The van der Waals surface area contributed by atoms with Gasteiger partial charge >= 0.3 is 0 Å². The zero-order valence-corrected chi connectivity index (χ0v) is 21.3. The quantitative estimate of drug-likeness (QED) is 0.624. The number of rotatable bonds is 5. The van der Waals surface area contributed by atoms with Crippen molar-refractivity contribution >= 4 is 29.1 Å². The summed E-state index contributed by atoms with van der Waals surface area (Å²) < 4.78 is 11.7. The summed E-state index contributed by atoms with van der Waals surface area (Å²) in [6, 6.07) is 7.44. The maximum Gasteiger partial charge on any atom is 0.270 e. The summed E-state index contributed by atoms with van der Waals surface area (Å²) in [4.78, 5) is 34.0. The summed E-state index contributed by atoms with van der Waals surface area (Å²) in [5.41, 5.74) is 8.16. The van der Waals surface area contributed by atoms with Crippen molar-refractivity contribution in [1.29, 1.82) is 0 Å². The van der Waals surface area contributed by atoms with E-state index in [1.165, 1.54) is 0 Å². The van der Waals surface area contributed by atoms with Crippen LogP contribution in [0.25, 0.3) is 0 Å². The normalized spacial score (nSPS) is 26.2. The van der Waals surface area contributed by atoms with E-state index in [2.05, 4.69) is 4.99 Å². The van der Waals surface area contributed by atoms with Gasteiger partial charge in [0.2, 0.25) is 5.91 Å². The molecule has 3 fully saturated rings. The molecule has 2 aliphatic heterocycles. The molecule has 2 heterocycles. The van der Waals surface area contributed by atoms with Crippen LogP contribution in [0.15, 0.2) is 40.5 Å². The number of carbonyl (C=O) groups excluding carboxylic acids is 2. The predicted molar refractivity (Wildman–Crippen MR) is 136 cm³/mol. The first-order valence-corrected chi connectivity index (χ1v) is 12.9. The number of amides is 2. The zero-order valence-electron chi connectivity index (χ0n) is 20.5. The van der Waals surface area contributed by atoms with Crippen LogP contribution in [0.5, 0.6) is 5.75 Å². The molecule has 8 nitrogen and oxygen atoms in total. The summed E-state index contributed by atoms with van der Waals surface area (Å²) in [5.74, 6) is 0.503. The number of nitrogens with zero attached hydrogens (tertiary/aromatic N) is 3. The van der Waals surface area contributed by atoms with Gasteiger partial charge in [-0.2, -0.15) is 0 Å². The van der Waals surface area contributed by atoms with Gasteiger partial charge in [-0.15, -0.1) is 0 Å². The zero-order chi connectivity index (χ0) is 24.9. The van der Waals surface area contributed by atoms with Crippen LogP contribution in [0, 0.1) is 0 Å². The number of hydrogen-bond donors (Lipinski definition) is 1. The minimum Gasteiger partial charge on any atom is -0.489 e. The maximum absolute atomic E-state index is 13.0. The van der Waals surface area contributed by atoms with Crippen LogP contribution in [-0.2, 0) is 14.3 Å². The molecule has 2 atom stereocenters. The smallest absolute Gasteiger partial charge is 0.270 e. The first-order valence-electron chi connectivity index (χ1n) is 12.5. The van der Waals surface area contributed by atoms with E-state index < -0.39 is 0 Å². The molecular formula is C26H35ClN4O4. The Morgan fingerprint density at radius 2 is 1.80 bits per heavy atom. The van der Waals surface area contributed by atoms with Crippen molar-refractivity contribution < 1.29 is 19.1 Å². The van der Waals surface area contributed by atoms with Gasteiger partial charge in [0.1, 0.15) is 24.1 Å². The topological polar surface area (TPSA) is 97.5 Å². The molecule has 0 spiro atoms. The second-order valence-corrected chi connectivity index (χ2v) is 10.0. The van der Waals surface area contributed by atoms with Gasteiger partial charge < -0.3 is 25.0 Å². The highest BCUT2D eigenvalue weighted by Crippen LogP contribution is 2.27. The van der Waals surface area contributed by atoms with Crippen molar-refractivity contribution in [2.75, 3.05) is 32.7 Å². The van der Waals surface area contributed by atoms with Crippen molar-refractivity contribution in [3.8, 4) is 5.75 Å². The number of nitrogens with two attached hydrogens (primary N) is 1. The maximum atomic E-state index is 13.0. The Morgan fingerprint density at radius 3 is 2.49 bits per heavy atom. The molecule has 3 aliphatic rings. The number of para-hydroxylation sites is 1. The molecule has 1 aromatic carbocycles. The van der Waals surface area contributed by atoms with E-state index in [-0.39, 0.29) is 42.4 Å². The van der Waals surface area contributed by atoms with Crippen molar-refractivity contribution in [2.45, 2.75) is 64.3 Å². The molecule has 4 rings (SSSR count). The highest BCUT2D eigenvalue weighted by molar-refractivity contribution is 6.32. The summed E-state index contributed by atoms with van der Waals surface area (Å²) in [7, 11) is 0. The van der Waals surface area contributed by atoms with Crippen molar-refractivity contribution in [1.82, 2.24) is 9.80 Å². The number of carbonyl (C=O) groups is 2. The van der Waals surface area contributed by atoms with Gasteiger partial charge in [-0.3, -0.25) is 14.6 Å². The molecule has 1 aliphatic carbocycles. The Balaban J connectivity index is 1.32. The number of piperidine rings is 1. The van der Waals surface area contributed by atoms with Crippen LogP contribution in [0.4, 0.5) is 0 Å². The minimum atomic E-state index is -0.163. The number of aliphatic imine (C=N–C) groups is 1. The third-order valence-corrected chi connectivity index (χ3v) is 7.09.